The molecular formula is C16H24N2O. The lowest BCUT2D eigenvalue weighted by Crippen LogP contribution is -2.39. The van der Waals surface area contributed by atoms with Gasteiger partial charge in [-0.05, 0) is 45.1 Å². The van der Waals surface area contributed by atoms with Crippen LogP contribution in [-0.4, -0.2) is 24.5 Å². The summed E-state index contributed by atoms with van der Waals surface area (Å²) in [6.45, 7) is 4.69. The predicted octanol–water partition coefficient (Wildman–Crippen LogP) is 2.18. The molecule has 1 fully saturated rings. The Bertz CT molecular complexity index is 427. The number of amides is 1. The van der Waals surface area contributed by atoms with Crippen LogP contribution in [0.25, 0.3) is 0 Å². The molecule has 19 heavy (non-hydrogen) atoms. The quantitative estimate of drug-likeness (QED) is 0.789. The Labute approximate surface area is 115 Å². The highest BCUT2D eigenvalue weighted by Crippen LogP contribution is 2.18. The molecule has 1 aromatic rings. The van der Waals surface area contributed by atoms with Crippen molar-refractivity contribution < 1.29 is 4.79 Å². The van der Waals surface area contributed by atoms with Gasteiger partial charge in [0.15, 0.2) is 0 Å². The number of nitrogens with one attached hydrogen (secondary N) is 2. The third-order valence-electron chi connectivity index (χ3n) is 3.50. The number of rotatable bonds is 7. The third kappa shape index (κ3) is 5.43. The van der Waals surface area contributed by atoms with Crippen LogP contribution in [0.15, 0.2) is 24.3 Å². The van der Waals surface area contributed by atoms with Crippen molar-refractivity contribution in [2.75, 3.05) is 6.54 Å². The first-order valence-corrected chi connectivity index (χ1v) is 7.22. The van der Waals surface area contributed by atoms with Crippen molar-refractivity contribution in [2.24, 2.45) is 0 Å². The van der Waals surface area contributed by atoms with Crippen LogP contribution in [-0.2, 0) is 11.2 Å². The predicted molar refractivity (Wildman–Crippen MR) is 78.1 cm³/mol. The van der Waals surface area contributed by atoms with Crippen LogP contribution in [0, 0.1) is 6.92 Å². The van der Waals surface area contributed by atoms with Crippen LogP contribution < -0.4 is 10.6 Å². The summed E-state index contributed by atoms with van der Waals surface area (Å²) in [4.78, 5) is 11.5. The lowest BCUT2D eigenvalue weighted by atomic mass is 10.0. The molecule has 1 atom stereocenters. The monoisotopic (exact) mass is 260 g/mol. The zero-order chi connectivity index (χ0) is 13.7. The molecule has 0 radical (unpaired) electrons. The SMILES string of the molecule is Cc1cccc(CCC(C)NCC(=O)NC2CC2)c1. The number of aryl methyl sites for hydroxylation is 2. The number of carbonyl (C=O) groups is 1. The van der Waals surface area contributed by atoms with Crippen LogP contribution >= 0.6 is 0 Å². The lowest BCUT2D eigenvalue weighted by molar-refractivity contribution is -0.120. The Morgan fingerprint density at radius 2 is 2.21 bits per heavy atom. The van der Waals surface area contributed by atoms with E-state index in [0.29, 0.717) is 18.6 Å². The van der Waals surface area contributed by atoms with Gasteiger partial charge in [-0.2, -0.15) is 0 Å². The van der Waals surface area contributed by atoms with E-state index in [1.807, 2.05) is 0 Å². The average Bonchev–Trinajstić information content (AvgIpc) is 3.18. The number of hydrogen-bond donors (Lipinski definition) is 2. The van der Waals surface area contributed by atoms with Crippen LogP contribution in [0.5, 0.6) is 0 Å². The van der Waals surface area contributed by atoms with Gasteiger partial charge in [-0.1, -0.05) is 29.8 Å². The van der Waals surface area contributed by atoms with E-state index in [1.54, 1.807) is 0 Å². The maximum absolute atomic E-state index is 11.5. The minimum absolute atomic E-state index is 0.130. The van der Waals surface area contributed by atoms with E-state index in [4.69, 9.17) is 0 Å². The van der Waals surface area contributed by atoms with Crippen LogP contribution in [0.4, 0.5) is 0 Å². The van der Waals surface area contributed by atoms with Gasteiger partial charge >= 0.3 is 0 Å². The molecule has 1 unspecified atom stereocenters. The third-order valence-corrected chi connectivity index (χ3v) is 3.50. The van der Waals surface area contributed by atoms with E-state index in [9.17, 15) is 4.79 Å². The first-order chi connectivity index (χ1) is 9.13. The van der Waals surface area contributed by atoms with Gasteiger partial charge in [-0.25, -0.2) is 0 Å². The second-order valence-electron chi connectivity index (χ2n) is 5.65. The molecule has 104 valence electrons. The Hall–Kier alpha value is -1.35. The highest BCUT2D eigenvalue weighted by molar-refractivity contribution is 5.78. The van der Waals surface area contributed by atoms with Crippen molar-refractivity contribution in [3.05, 3.63) is 35.4 Å². The van der Waals surface area contributed by atoms with Gasteiger partial charge in [0.25, 0.3) is 0 Å². The maximum atomic E-state index is 11.5. The van der Waals surface area contributed by atoms with Gasteiger partial charge in [0.1, 0.15) is 0 Å². The number of hydrogen-bond acceptors (Lipinski definition) is 2. The summed E-state index contributed by atoms with van der Waals surface area (Å²) in [6.07, 6.45) is 4.41. The normalized spacial score (nSPS) is 16.1. The Balaban J connectivity index is 1.63. The zero-order valence-corrected chi connectivity index (χ0v) is 11.9. The topological polar surface area (TPSA) is 41.1 Å². The van der Waals surface area contributed by atoms with Crippen molar-refractivity contribution in [1.29, 1.82) is 0 Å². The lowest BCUT2D eigenvalue weighted by Gasteiger charge is -2.13. The second kappa shape index (κ2) is 6.71. The summed E-state index contributed by atoms with van der Waals surface area (Å²) in [6, 6.07) is 9.44. The fraction of sp³-hybridized carbons (Fsp3) is 0.562. The fourth-order valence-corrected chi connectivity index (χ4v) is 2.13. The summed E-state index contributed by atoms with van der Waals surface area (Å²) >= 11 is 0. The second-order valence-corrected chi connectivity index (χ2v) is 5.65. The molecular weight excluding hydrogens is 236 g/mol. The molecule has 0 saturated heterocycles. The molecule has 0 aliphatic heterocycles. The molecule has 0 spiro atoms. The van der Waals surface area contributed by atoms with E-state index < -0.39 is 0 Å². The van der Waals surface area contributed by atoms with Gasteiger partial charge in [-0.15, -0.1) is 0 Å². The molecule has 1 saturated carbocycles. The van der Waals surface area contributed by atoms with E-state index in [1.165, 1.54) is 11.1 Å². The fourth-order valence-electron chi connectivity index (χ4n) is 2.13. The van der Waals surface area contributed by atoms with Crippen molar-refractivity contribution in [3.63, 3.8) is 0 Å². The van der Waals surface area contributed by atoms with Gasteiger partial charge in [-0.3, -0.25) is 4.79 Å². The standard InChI is InChI=1S/C16H24N2O/c1-12-4-3-5-14(10-12)7-6-13(2)17-11-16(19)18-15-8-9-15/h3-5,10,13,15,17H,6-9,11H2,1-2H3,(H,18,19). The van der Waals surface area contributed by atoms with E-state index >= 15 is 0 Å². The molecule has 1 amide bonds. The van der Waals surface area contributed by atoms with Crippen molar-refractivity contribution in [2.45, 2.75) is 51.6 Å². The molecule has 3 nitrogen and oxygen atoms in total. The largest absolute Gasteiger partial charge is 0.352 e. The molecule has 1 aromatic carbocycles. The molecule has 2 rings (SSSR count). The van der Waals surface area contributed by atoms with Gasteiger partial charge in [0.05, 0.1) is 6.54 Å². The van der Waals surface area contributed by atoms with Gasteiger partial charge in [0, 0.05) is 12.1 Å². The summed E-state index contributed by atoms with van der Waals surface area (Å²) in [5, 5.41) is 6.28. The summed E-state index contributed by atoms with van der Waals surface area (Å²) < 4.78 is 0. The van der Waals surface area contributed by atoms with Gasteiger partial charge < -0.3 is 10.6 Å². The van der Waals surface area contributed by atoms with Crippen LogP contribution in [0.2, 0.25) is 0 Å². The molecule has 1 aliphatic carbocycles. The first-order valence-electron chi connectivity index (χ1n) is 7.22. The zero-order valence-electron chi connectivity index (χ0n) is 11.9. The Morgan fingerprint density at radius 1 is 1.42 bits per heavy atom. The minimum atomic E-state index is 0.130. The number of carbonyl (C=O) groups excluding carboxylic acids is 1. The highest BCUT2D eigenvalue weighted by atomic mass is 16.2. The minimum Gasteiger partial charge on any atom is -0.352 e. The van der Waals surface area contributed by atoms with Crippen molar-refractivity contribution in [3.8, 4) is 0 Å². The van der Waals surface area contributed by atoms with Crippen molar-refractivity contribution >= 4 is 5.91 Å². The Kier molecular flexibility index (Phi) is 4.97. The van der Waals surface area contributed by atoms with Crippen molar-refractivity contribution in [1.82, 2.24) is 10.6 Å². The van der Waals surface area contributed by atoms with Gasteiger partial charge in [0.2, 0.25) is 5.91 Å². The molecule has 0 bridgehead atoms. The molecule has 2 N–H and O–H groups in total. The summed E-state index contributed by atoms with van der Waals surface area (Å²) in [5.41, 5.74) is 2.68. The van der Waals surface area contributed by atoms with E-state index in [0.717, 1.165) is 25.7 Å². The number of benzene rings is 1. The summed E-state index contributed by atoms with van der Waals surface area (Å²) in [5.74, 6) is 0.130. The molecule has 0 aromatic heterocycles. The van der Waals surface area contributed by atoms with E-state index in [-0.39, 0.29) is 5.91 Å². The molecule has 3 heteroatoms. The average molecular weight is 260 g/mol. The van der Waals surface area contributed by atoms with Crippen LogP contribution in [0.1, 0.15) is 37.3 Å². The smallest absolute Gasteiger partial charge is 0.234 e. The maximum Gasteiger partial charge on any atom is 0.234 e. The van der Waals surface area contributed by atoms with E-state index in [2.05, 4.69) is 48.7 Å². The Morgan fingerprint density at radius 3 is 2.89 bits per heavy atom. The molecule has 0 heterocycles. The summed E-state index contributed by atoms with van der Waals surface area (Å²) in [7, 11) is 0. The van der Waals surface area contributed by atoms with Crippen LogP contribution in [0.3, 0.4) is 0 Å². The molecule has 1 aliphatic rings. The highest BCUT2D eigenvalue weighted by Gasteiger charge is 2.22. The first kappa shape index (κ1) is 14.1.